The van der Waals surface area contributed by atoms with Gasteiger partial charge in [0.05, 0.1) is 11.0 Å². The average molecular weight is 432 g/mol. The number of aromatic amines is 1. The fourth-order valence-corrected chi connectivity index (χ4v) is 3.86. The zero-order valence-corrected chi connectivity index (χ0v) is 18.0. The Morgan fingerprint density at radius 1 is 1.16 bits per heavy atom. The molecule has 32 heavy (non-hydrogen) atoms. The molecule has 1 saturated heterocycles. The van der Waals surface area contributed by atoms with Gasteiger partial charge in [0.25, 0.3) is 5.89 Å². The van der Waals surface area contributed by atoms with E-state index in [1.807, 2.05) is 35.2 Å². The molecule has 3 aromatic heterocycles. The number of hydrogen-bond acceptors (Lipinski definition) is 8. The van der Waals surface area contributed by atoms with Crippen LogP contribution in [0, 0.1) is 6.92 Å². The van der Waals surface area contributed by atoms with Gasteiger partial charge in [0.15, 0.2) is 5.82 Å². The Morgan fingerprint density at radius 2 is 2.00 bits per heavy atom. The van der Waals surface area contributed by atoms with Crippen molar-refractivity contribution in [1.82, 2.24) is 34.9 Å². The summed E-state index contributed by atoms with van der Waals surface area (Å²) >= 11 is 0. The number of aromatic nitrogens is 5. The molecular weight excluding hydrogens is 408 g/mol. The Labute approximate surface area is 184 Å². The lowest BCUT2D eigenvalue weighted by Gasteiger charge is -2.34. The topological polar surface area (TPSA) is 116 Å². The van der Waals surface area contributed by atoms with Gasteiger partial charge in [-0.25, -0.2) is 9.97 Å². The van der Waals surface area contributed by atoms with E-state index in [9.17, 15) is 4.79 Å². The molecule has 0 saturated carbocycles. The SMILES string of the molecule is CC(=O)N1CCN(Cc2ccnc(Nc3nc4ccc(-c5nc(C)no5)cc4[nH]3)c2)CC1. The van der Waals surface area contributed by atoms with Crippen molar-refractivity contribution in [3.05, 3.63) is 47.9 Å². The van der Waals surface area contributed by atoms with Crippen LogP contribution in [-0.2, 0) is 11.3 Å². The summed E-state index contributed by atoms with van der Waals surface area (Å²) in [4.78, 5) is 32.3. The number of carbonyl (C=O) groups is 1. The van der Waals surface area contributed by atoms with Crippen molar-refractivity contribution < 1.29 is 9.32 Å². The fraction of sp³-hybridized carbons (Fsp3) is 0.318. The van der Waals surface area contributed by atoms with Crippen molar-refractivity contribution in [2.45, 2.75) is 20.4 Å². The molecular formula is C22H24N8O2. The summed E-state index contributed by atoms with van der Waals surface area (Å²) in [6, 6.07) is 9.79. The van der Waals surface area contributed by atoms with E-state index in [0.29, 0.717) is 17.7 Å². The number of benzene rings is 1. The lowest BCUT2D eigenvalue weighted by molar-refractivity contribution is -0.130. The van der Waals surface area contributed by atoms with Gasteiger partial charge in [-0.3, -0.25) is 9.69 Å². The second-order valence-electron chi connectivity index (χ2n) is 7.92. The summed E-state index contributed by atoms with van der Waals surface area (Å²) in [6.45, 7) is 7.52. The highest BCUT2D eigenvalue weighted by atomic mass is 16.5. The minimum Gasteiger partial charge on any atom is -0.340 e. The Hall–Kier alpha value is -3.79. The van der Waals surface area contributed by atoms with Gasteiger partial charge in [-0.05, 0) is 42.8 Å². The first-order valence-corrected chi connectivity index (χ1v) is 10.5. The van der Waals surface area contributed by atoms with E-state index >= 15 is 0 Å². The van der Waals surface area contributed by atoms with Crippen molar-refractivity contribution in [2.24, 2.45) is 0 Å². The standard InChI is InChI=1S/C22H24N8O2/c1-14-24-21(32-28-14)17-3-4-18-19(12-17)26-22(25-18)27-20-11-16(5-6-23-20)13-29-7-9-30(10-8-29)15(2)31/h3-6,11-12H,7-10,13H2,1-2H3,(H2,23,25,26,27). The third kappa shape index (κ3) is 4.30. The number of piperazine rings is 1. The summed E-state index contributed by atoms with van der Waals surface area (Å²) in [7, 11) is 0. The smallest absolute Gasteiger partial charge is 0.257 e. The van der Waals surface area contributed by atoms with Crippen LogP contribution in [0.4, 0.5) is 11.8 Å². The number of H-pyrrole nitrogens is 1. The van der Waals surface area contributed by atoms with E-state index in [2.05, 4.69) is 35.3 Å². The number of rotatable bonds is 5. The quantitative estimate of drug-likeness (QED) is 0.495. The highest BCUT2D eigenvalue weighted by Gasteiger charge is 2.18. The third-order valence-corrected chi connectivity index (χ3v) is 5.55. The molecule has 0 unspecified atom stereocenters. The van der Waals surface area contributed by atoms with E-state index in [0.717, 1.165) is 60.7 Å². The molecule has 0 atom stereocenters. The molecule has 4 aromatic rings. The normalized spacial score (nSPS) is 14.8. The number of amides is 1. The minimum atomic E-state index is 0.144. The lowest BCUT2D eigenvalue weighted by Crippen LogP contribution is -2.47. The molecule has 1 aliphatic heterocycles. The molecule has 0 spiro atoms. The summed E-state index contributed by atoms with van der Waals surface area (Å²) in [5.41, 5.74) is 3.68. The largest absolute Gasteiger partial charge is 0.340 e. The van der Waals surface area contributed by atoms with Crippen LogP contribution in [0.5, 0.6) is 0 Å². The van der Waals surface area contributed by atoms with Crippen molar-refractivity contribution in [3.63, 3.8) is 0 Å². The van der Waals surface area contributed by atoms with Crippen molar-refractivity contribution >= 4 is 28.7 Å². The molecule has 1 amide bonds. The summed E-state index contributed by atoms with van der Waals surface area (Å²) in [5, 5.41) is 7.10. The molecule has 1 fully saturated rings. The predicted molar refractivity (Wildman–Crippen MR) is 119 cm³/mol. The molecule has 10 nitrogen and oxygen atoms in total. The minimum absolute atomic E-state index is 0.144. The summed E-state index contributed by atoms with van der Waals surface area (Å²) < 4.78 is 5.25. The van der Waals surface area contributed by atoms with Crippen LogP contribution in [-0.4, -0.2) is 67.0 Å². The molecule has 1 aromatic carbocycles. The van der Waals surface area contributed by atoms with Gasteiger partial charge in [0.1, 0.15) is 5.82 Å². The van der Waals surface area contributed by atoms with Gasteiger partial charge < -0.3 is 19.7 Å². The van der Waals surface area contributed by atoms with Crippen LogP contribution < -0.4 is 5.32 Å². The lowest BCUT2D eigenvalue weighted by atomic mass is 10.2. The third-order valence-electron chi connectivity index (χ3n) is 5.55. The number of imidazole rings is 1. The number of nitrogens with one attached hydrogen (secondary N) is 2. The highest BCUT2D eigenvalue weighted by Crippen LogP contribution is 2.24. The molecule has 2 N–H and O–H groups in total. The Bertz CT molecular complexity index is 1260. The van der Waals surface area contributed by atoms with Crippen LogP contribution in [0.25, 0.3) is 22.5 Å². The fourth-order valence-electron chi connectivity index (χ4n) is 3.86. The van der Waals surface area contributed by atoms with Gasteiger partial charge in [0.2, 0.25) is 11.9 Å². The first-order chi connectivity index (χ1) is 15.5. The van der Waals surface area contributed by atoms with E-state index in [-0.39, 0.29) is 5.91 Å². The Balaban J connectivity index is 1.27. The number of carbonyl (C=O) groups excluding carboxylic acids is 1. The van der Waals surface area contributed by atoms with Crippen LogP contribution in [0.1, 0.15) is 18.3 Å². The number of fused-ring (bicyclic) bond motifs is 1. The zero-order valence-electron chi connectivity index (χ0n) is 18.0. The number of anilines is 2. The average Bonchev–Trinajstić information content (AvgIpc) is 3.39. The van der Waals surface area contributed by atoms with E-state index in [1.54, 1.807) is 20.0 Å². The molecule has 0 aliphatic carbocycles. The second kappa shape index (κ2) is 8.39. The summed E-state index contributed by atoms with van der Waals surface area (Å²) in [6.07, 6.45) is 1.79. The van der Waals surface area contributed by atoms with Crippen molar-refractivity contribution in [3.8, 4) is 11.5 Å². The van der Waals surface area contributed by atoms with Gasteiger partial charge in [-0.15, -0.1) is 0 Å². The van der Waals surface area contributed by atoms with E-state index < -0.39 is 0 Å². The highest BCUT2D eigenvalue weighted by molar-refractivity contribution is 5.82. The monoisotopic (exact) mass is 432 g/mol. The van der Waals surface area contributed by atoms with Crippen LogP contribution in [0.15, 0.2) is 41.1 Å². The molecule has 164 valence electrons. The van der Waals surface area contributed by atoms with Gasteiger partial charge in [-0.2, -0.15) is 4.98 Å². The van der Waals surface area contributed by atoms with Crippen molar-refractivity contribution in [1.29, 1.82) is 0 Å². The number of pyridine rings is 1. The predicted octanol–water partition coefficient (Wildman–Crippen LogP) is 2.72. The molecule has 5 rings (SSSR count). The number of hydrogen-bond donors (Lipinski definition) is 2. The Kier molecular flexibility index (Phi) is 5.28. The van der Waals surface area contributed by atoms with Gasteiger partial charge >= 0.3 is 0 Å². The zero-order chi connectivity index (χ0) is 22.1. The van der Waals surface area contributed by atoms with Crippen LogP contribution >= 0.6 is 0 Å². The summed E-state index contributed by atoms with van der Waals surface area (Å²) in [5.74, 6) is 2.55. The maximum absolute atomic E-state index is 11.5. The van der Waals surface area contributed by atoms with E-state index in [4.69, 9.17) is 4.52 Å². The molecule has 0 radical (unpaired) electrons. The van der Waals surface area contributed by atoms with Crippen LogP contribution in [0.2, 0.25) is 0 Å². The number of aryl methyl sites for hydroxylation is 1. The van der Waals surface area contributed by atoms with Gasteiger partial charge in [0, 0.05) is 51.4 Å². The van der Waals surface area contributed by atoms with Gasteiger partial charge in [-0.1, -0.05) is 5.16 Å². The maximum atomic E-state index is 11.5. The molecule has 4 heterocycles. The second-order valence-corrected chi connectivity index (χ2v) is 7.92. The molecule has 10 heteroatoms. The van der Waals surface area contributed by atoms with Crippen molar-refractivity contribution in [2.75, 3.05) is 31.5 Å². The molecule has 0 bridgehead atoms. The first-order valence-electron chi connectivity index (χ1n) is 10.5. The van der Waals surface area contributed by atoms with Crippen LogP contribution in [0.3, 0.4) is 0 Å². The molecule has 1 aliphatic rings. The first kappa shape index (κ1) is 20.1. The Morgan fingerprint density at radius 3 is 2.75 bits per heavy atom. The maximum Gasteiger partial charge on any atom is 0.257 e. The van der Waals surface area contributed by atoms with E-state index in [1.165, 1.54) is 0 Å². The number of nitrogens with zero attached hydrogens (tertiary/aromatic N) is 6.